The lowest BCUT2D eigenvalue weighted by Crippen LogP contribution is -2.42. The van der Waals surface area contributed by atoms with Crippen LogP contribution in [0.25, 0.3) is 0 Å². The van der Waals surface area contributed by atoms with Crippen LogP contribution in [0.2, 0.25) is 0 Å². The number of nitrogens with zero attached hydrogens (tertiary/aromatic N) is 1. The molecule has 2 rings (SSSR count). The van der Waals surface area contributed by atoms with Crippen LogP contribution in [-0.2, 0) is 4.79 Å². The third kappa shape index (κ3) is 4.29. The zero-order valence-electron chi connectivity index (χ0n) is 12.2. The largest absolute Gasteiger partial charge is 0.484 e. The molecule has 1 fully saturated rings. The van der Waals surface area contributed by atoms with E-state index in [-0.39, 0.29) is 24.4 Å². The van der Waals surface area contributed by atoms with Crippen LogP contribution in [0.15, 0.2) is 24.3 Å². The van der Waals surface area contributed by atoms with E-state index in [4.69, 9.17) is 4.74 Å². The van der Waals surface area contributed by atoms with Gasteiger partial charge in [-0.05, 0) is 37.1 Å². The molecule has 0 saturated carbocycles. The van der Waals surface area contributed by atoms with Gasteiger partial charge in [0.1, 0.15) is 5.75 Å². The lowest BCUT2D eigenvalue weighted by atomic mass is 10.1. The maximum Gasteiger partial charge on any atom is 0.260 e. The standard InChI is InChI=1S/C16H21NO4/c1-2-15(19)12-3-5-14(6-4-12)21-11-16(20)17-9-7-13(18)8-10-17/h3-6,13,18H,2,7-11H2,1H3. The fourth-order valence-corrected chi connectivity index (χ4v) is 2.29. The van der Waals surface area contributed by atoms with Crippen LogP contribution in [0, 0.1) is 0 Å². The first kappa shape index (κ1) is 15.5. The summed E-state index contributed by atoms with van der Waals surface area (Å²) < 4.78 is 5.45. The fraction of sp³-hybridized carbons (Fsp3) is 0.500. The van der Waals surface area contributed by atoms with Crippen LogP contribution in [0.5, 0.6) is 5.75 Å². The van der Waals surface area contributed by atoms with Crippen LogP contribution in [-0.4, -0.2) is 47.5 Å². The Hall–Kier alpha value is -1.88. The van der Waals surface area contributed by atoms with Crippen LogP contribution in [0.3, 0.4) is 0 Å². The van der Waals surface area contributed by atoms with Crippen molar-refractivity contribution >= 4 is 11.7 Å². The normalized spacial score (nSPS) is 15.8. The molecule has 1 N–H and O–H groups in total. The Morgan fingerprint density at radius 3 is 2.43 bits per heavy atom. The lowest BCUT2D eigenvalue weighted by Gasteiger charge is -2.29. The Morgan fingerprint density at radius 2 is 1.86 bits per heavy atom. The molecule has 0 bridgehead atoms. The lowest BCUT2D eigenvalue weighted by molar-refractivity contribution is -0.135. The predicted molar refractivity (Wildman–Crippen MR) is 78.4 cm³/mol. The second kappa shape index (κ2) is 7.22. The molecule has 5 heteroatoms. The Bertz CT molecular complexity index is 490. The average molecular weight is 291 g/mol. The Morgan fingerprint density at radius 1 is 1.24 bits per heavy atom. The van der Waals surface area contributed by atoms with Crippen molar-refractivity contribution in [2.45, 2.75) is 32.3 Å². The molecule has 0 radical (unpaired) electrons. The summed E-state index contributed by atoms with van der Waals surface area (Å²) in [7, 11) is 0. The van der Waals surface area contributed by atoms with Gasteiger partial charge in [0.15, 0.2) is 12.4 Å². The van der Waals surface area contributed by atoms with Crippen molar-refractivity contribution in [3.63, 3.8) is 0 Å². The van der Waals surface area contributed by atoms with Crippen molar-refractivity contribution in [3.05, 3.63) is 29.8 Å². The monoisotopic (exact) mass is 291 g/mol. The van der Waals surface area contributed by atoms with Gasteiger partial charge in [-0.15, -0.1) is 0 Å². The smallest absolute Gasteiger partial charge is 0.260 e. The first-order valence-corrected chi connectivity index (χ1v) is 7.32. The van der Waals surface area contributed by atoms with E-state index in [1.807, 2.05) is 6.92 Å². The summed E-state index contributed by atoms with van der Waals surface area (Å²) in [5.74, 6) is 0.591. The molecular formula is C16H21NO4. The zero-order valence-corrected chi connectivity index (χ0v) is 12.2. The number of carbonyl (C=O) groups is 2. The molecule has 21 heavy (non-hydrogen) atoms. The van der Waals surface area contributed by atoms with Crippen molar-refractivity contribution in [1.29, 1.82) is 0 Å². The molecular weight excluding hydrogens is 270 g/mol. The number of ether oxygens (including phenoxy) is 1. The summed E-state index contributed by atoms with van der Waals surface area (Å²) in [6, 6.07) is 6.83. The van der Waals surface area contributed by atoms with Gasteiger partial charge in [0, 0.05) is 25.1 Å². The highest BCUT2D eigenvalue weighted by Crippen LogP contribution is 2.14. The number of hydrogen-bond donors (Lipinski definition) is 1. The second-order valence-corrected chi connectivity index (χ2v) is 5.20. The average Bonchev–Trinajstić information content (AvgIpc) is 2.53. The molecule has 1 aromatic rings. The summed E-state index contributed by atoms with van der Waals surface area (Å²) in [5, 5.41) is 9.41. The third-order valence-corrected chi connectivity index (χ3v) is 3.68. The molecule has 0 unspecified atom stereocenters. The van der Waals surface area contributed by atoms with E-state index in [0.717, 1.165) is 0 Å². The van der Waals surface area contributed by atoms with Crippen molar-refractivity contribution in [2.75, 3.05) is 19.7 Å². The Labute approximate surface area is 124 Å². The Balaban J connectivity index is 1.82. The van der Waals surface area contributed by atoms with Crippen LogP contribution in [0.4, 0.5) is 0 Å². The number of rotatable bonds is 5. The van der Waals surface area contributed by atoms with Crippen molar-refractivity contribution < 1.29 is 19.4 Å². The van der Waals surface area contributed by atoms with Gasteiger partial charge in [0.05, 0.1) is 6.10 Å². The molecule has 1 heterocycles. The molecule has 0 aliphatic carbocycles. The molecule has 1 amide bonds. The number of piperidine rings is 1. The Kier molecular flexibility index (Phi) is 5.33. The van der Waals surface area contributed by atoms with Crippen molar-refractivity contribution in [1.82, 2.24) is 4.90 Å². The van der Waals surface area contributed by atoms with Gasteiger partial charge in [-0.3, -0.25) is 9.59 Å². The molecule has 1 saturated heterocycles. The van der Waals surface area contributed by atoms with Gasteiger partial charge < -0.3 is 14.7 Å². The number of amides is 1. The zero-order chi connectivity index (χ0) is 15.2. The minimum absolute atomic E-state index is 0.0167. The SMILES string of the molecule is CCC(=O)c1ccc(OCC(=O)N2CCC(O)CC2)cc1. The van der Waals surface area contributed by atoms with E-state index in [9.17, 15) is 14.7 Å². The van der Waals surface area contributed by atoms with Gasteiger partial charge >= 0.3 is 0 Å². The molecule has 5 nitrogen and oxygen atoms in total. The summed E-state index contributed by atoms with van der Waals surface area (Å²) in [4.78, 5) is 25.2. The number of likely N-dealkylation sites (tertiary alicyclic amines) is 1. The topological polar surface area (TPSA) is 66.8 Å². The predicted octanol–water partition coefficient (Wildman–Crippen LogP) is 1.64. The number of carbonyl (C=O) groups excluding carboxylic acids is 2. The second-order valence-electron chi connectivity index (χ2n) is 5.20. The summed E-state index contributed by atoms with van der Waals surface area (Å²) in [5.41, 5.74) is 0.654. The molecule has 0 aromatic heterocycles. The van der Waals surface area contributed by atoms with Gasteiger partial charge in [0.25, 0.3) is 5.91 Å². The van der Waals surface area contributed by atoms with Crippen molar-refractivity contribution in [3.8, 4) is 5.75 Å². The van der Waals surface area contributed by atoms with Gasteiger partial charge in [0.2, 0.25) is 0 Å². The van der Waals surface area contributed by atoms with Crippen molar-refractivity contribution in [2.24, 2.45) is 0 Å². The highest BCUT2D eigenvalue weighted by atomic mass is 16.5. The quantitative estimate of drug-likeness (QED) is 0.838. The van der Waals surface area contributed by atoms with E-state index >= 15 is 0 Å². The molecule has 0 atom stereocenters. The third-order valence-electron chi connectivity index (χ3n) is 3.68. The molecule has 0 spiro atoms. The first-order chi connectivity index (χ1) is 10.1. The number of aliphatic hydroxyl groups is 1. The summed E-state index contributed by atoms with van der Waals surface area (Å²) >= 11 is 0. The molecule has 114 valence electrons. The number of benzene rings is 1. The highest BCUT2D eigenvalue weighted by Gasteiger charge is 2.21. The van der Waals surface area contributed by atoms with Gasteiger partial charge in [-0.1, -0.05) is 6.92 Å². The highest BCUT2D eigenvalue weighted by molar-refractivity contribution is 5.95. The minimum Gasteiger partial charge on any atom is -0.484 e. The van der Waals surface area contributed by atoms with Gasteiger partial charge in [-0.25, -0.2) is 0 Å². The molecule has 1 aliphatic heterocycles. The van der Waals surface area contributed by atoms with Crippen LogP contribution >= 0.6 is 0 Å². The van der Waals surface area contributed by atoms with Gasteiger partial charge in [-0.2, -0.15) is 0 Å². The number of ketones is 1. The van der Waals surface area contributed by atoms with E-state index < -0.39 is 0 Å². The minimum atomic E-state index is -0.293. The molecule has 1 aromatic carbocycles. The summed E-state index contributed by atoms with van der Waals surface area (Å²) in [6.45, 7) is 2.96. The number of Topliss-reactive ketones (excluding diaryl/α,β-unsaturated/α-hetero) is 1. The fourth-order valence-electron chi connectivity index (χ4n) is 2.29. The summed E-state index contributed by atoms with van der Waals surface area (Å²) in [6.07, 6.45) is 1.43. The maximum absolute atomic E-state index is 12.0. The van der Waals surface area contributed by atoms with Crippen LogP contribution < -0.4 is 4.74 Å². The number of aliphatic hydroxyl groups excluding tert-OH is 1. The van der Waals surface area contributed by atoms with Crippen LogP contribution in [0.1, 0.15) is 36.5 Å². The molecule has 1 aliphatic rings. The number of hydrogen-bond acceptors (Lipinski definition) is 4. The van der Waals surface area contributed by atoms with E-state index in [1.54, 1.807) is 29.2 Å². The maximum atomic E-state index is 12.0. The van der Waals surface area contributed by atoms with E-state index in [1.165, 1.54) is 0 Å². The van der Waals surface area contributed by atoms with E-state index in [2.05, 4.69) is 0 Å². The first-order valence-electron chi connectivity index (χ1n) is 7.32. The van der Waals surface area contributed by atoms with E-state index in [0.29, 0.717) is 43.7 Å².